The average molecular weight is 342 g/mol. The second-order valence-corrected chi connectivity index (χ2v) is 7.00. The van der Waals surface area contributed by atoms with Crippen LogP contribution in [0, 0.1) is 6.92 Å². The lowest BCUT2D eigenvalue weighted by Crippen LogP contribution is -2.17. The molecule has 1 nitrogen and oxygen atoms in total. The Bertz CT molecular complexity index is 510. The SMILES string of the molecule is CNC(CSc1cccc(C)c1)c1sccc1Br. The number of hydrogen-bond acceptors (Lipinski definition) is 3. The van der Waals surface area contributed by atoms with Gasteiger partial charge in [0.1, 0.15) is 0 Å². The van der Waals surface area contributed by atoms with E-state index in [4.69, 9.17) is 0 Å². The second kappa shape index (κ2) is 6.75. The Balaban J connectivity index is 2.02. The number of thiophene rings is 1. The van der Waals surface area contributed by atoms with E-state index < -0.39 is 0 Å². The Morgan fingerprint density at radius 3 is 2.83 bits per heavy atom. The zero-order valence-corrected chi connectivity index (χ0v) is 13.7. The number of benzene rings is 1. The third kappa shape index (κ3) is 3.60. The first-order chi connectivity index (χ1) is 8.70. The van der Waals surface area contributed by atoms with Crippen LogP contribution in [-0.2, 0) is 0 Å². The monoisotopic (exact) mass is 341 g/mol. The summed E-state index contributed by atoms with van der Waals surface area (Å²) in [4.78, 5) is 2.71. The highest BCUT2D eigenvalue weighted by Crippen LogP contribution is 2.32. The van der Waals surface area contributed by atoms with Crippen LogP contribution in [0.1, 0.15) is 16.5 Å². The number of aryl methyl sites for hydroxylation is 1. The van der Waals surface area contributed by atoms with Crippen molar-refractivity contribution in [3.05, 3.63) is 50.6 Å². The fourth-order valence-electron chi connectivity index (χ4n) is 1.73. The highest BCUT2D eigenvalue weighted by molar-refractivity contribution is 9.10. The quantitative estimate of drug-likeness (QED) is 0.778. The molecule has 0 radical (unpaired) electrons. The van der Waals surface area contributed by atoms with Gasteiger partial charge in [0.15, 0.2) is 0 Å². The summed E-state index contributed by atoms with van der Waals surface area (Å²) in [6.45, 7) is 2.13. The molecule has 1 N–H and O–H groups in total. The van der Waals surface area contributed by atoms with Gasteiger partial charge in [0.25, 0.3) is 0 Å². The van der Waals surface area contributed by atoms with Gasteiger partial charge in [0.2, 0.25) is 0 Å². The van der Waals surface area contributed by atoms with Crippen molar-refractivity contribution in [2.75, 3.05) is 12.8 Å². The Kier molecular flexibility index (Phi) is 5.30. The highest BCUT2D eigenvalue weighted by Gasteiger charge is 2.14. The van der Waals surface area contributed by atoms with E-state index in [1.807, 2.05) is 18.8 Å². The normalized spacial score (nSPS) is 12.6. The summed E-state index contributed by atoms with van der Waals surface area (Å²) in [5, 5.41) is 5.52. The van der Waals surface area contributed by atoms with Crippen LogP contribution in [0.2, 0.25) is 0 Å². The van der Waals surface area contributed by atoms with Crippen LogP contribution in [0.25, 0.3) is 0 Å². The molecule has 0 fully saturated rings. The molecule has 1 aromatic heterocycles. The number of halogens is 1. The van der Waals surface area contributed by atoms with Crippen molar-refractivity contribution < 1.29 is 0 Å². The van der Waals surface area contributed by atoms with Gasteiger partial charge in [0.05, 0.1) is 6.04 Å². The molecule has 0 saturated heterocycles. The summed E-state index contributed by atoms with van der Waals surface area (Å²) in [6.07, 6.45) is 0. The Hall–Kier alpha value is -0.290. The molecule has 0 bridgehead atoms. The number of thioether (sulfide) groups is 1. The van der Waals surface area contributed by atoms with Crippen LogP contribution < -0.4 is 5.32 Å². The number of nitrogens with one attached hydrogen (secondary N) is 1. The maximum atomic E-state index is 3.61. The van der Waals surface area contributed by atoms with Crippen molar-refractivity contribution >= 4 is 39.0 Å². The van der Waals surface area contributed by atoms with Crippen LogP contribution >= 0.6 is 39.0 Å². The van der Waals surface area contributed by atoms with Gasteiger partial charge < -0.3 is 5.32 Å². The maximum absolute atomic E-state index is 3.61. The molecule has 1 heterocycles. The standard InChI is InChI=1S/C14H16BrNS2/c1-10-4-3-5-11(8-10)18-9-13(16-2)14-12(15)6-7-17-14/h3-8,13,16H,9H2,1-2H3. The molecule has 96 valence electrons. The number of rotatable bonds is 5. The molecule has 0 amide bonds. The van der Waals surface area contributed by atoms with Crippen molar-refractivity contribution in [1.82, 2.24) is 5.32 Å². The van der Waals surface area contributed by atoms with E-state index >= 15 is 0 Å². The minimum Gasteiger partial charge on any atom is -0.312 e. The van der Waals surface area contributed by atoms with Gasteiger partial charge in [-0.15, -0.1) is 23.1 Å². The van der Waals surface area contributed by atoms with Gasteiger partial charge in [-0.2, -0.15) is 0 Å². The molecule has 1 aromatic carbocycles. The zero-order valence-electron chi connectivity index (χ0n) is 10.4. The molecule has 1 unspecified atom stereocenters. The first kappa shape index (κ1) is 14.1. The van der Waals surface area contributed by atoms with Crippen molar-refractivity contribution in [1.29, 1.82) is 0 Å². The third-order valence-electron chi connectivity index (χ3n) is 2.72. The first-order valence-corrected chi connectivity index (χ1v) is 8.46. The third-order valence-corrected chi connectivity index (χ3v) is 5.79. The molecule has 2 aromatic rings. The molecule has 0 spiro atoms. The van der Waals surface area contributed by atoms with E-state index in [0.717, 1.165) is 5.75 Å². The molecule has 0 saturated carbocycles. The minimum absolute atomic E-state index is 0.393. The molecule has 18 heavy (non-hydrogen) atoms. The molecule has 4 heteroatoms. The van der Waals surface area contributed by atoms with Crippen LogP contribution in [-0.4, -0.2) is 12.8 Å². The van der Waals surface area contributed by atoms with E-state index in [-0.39, 0.29) is 0 Å². The lowest BCUT2D eigenvalue weighted by Gasteiger charge is -2.15. The minimum atomic E-state index is 0.393. The van der Waals surface area contributed by atoms with E-state index in [2.05, 4.69) is 63.9 Å². The van der Waals surface area contributed by atoms with E-state index in [1.54, 1.807) is 11.3 Å². The van der Waals surface area contributed by atoms with Crippen molar-refractivity contribution in [2.45, 2.75) is 17.9 Å². The molecule has 0 aliphatic rings. The Morgan fingerprint density at radius 1 is 1.39 bits per heavy atom. The first-order valence-electron chi connectivity index (χ1n) is 5.80. The van der Waals surface area contributed by atoms with E-state index in [9.17, 15) is 0 Å². The zero-order chi connectivity index (χ0) is 13.0. The Labute approximate surface area is 125 Å². The summed E-state index contributed by atoms with van der Waals surface area (Å²) >= 11 is 7.30. The summed E-state index contributed by atoms with van der Waals surface area (Å²) in [7, 11) is 2.02. The maximum Gasteiger partial charge on any atom is 0.0519 e. The van der Waals surface area contributed by atoms with Gasteiger partial charge >= 0.3 is 0 Å². The van der Waals surface area contributed by atoms with Crippen molar-refractivity contribution in [3.63, 3.8) is 0 Å². The lowest BCUT2D eigenvalue weighted by atomic mass is 10.2. The van der Waals surface area contributed by atoms with Crippen LogP contribution in [0.4, 0.5) is 0 Å². The van der Waals surface area contributed by atoms with Gasteiger partial charge in [0, 0.05) is 20.0 Å². The van der Waals surface area contributed by atoms with E-state index in [1.165, 1.54) is 19.8 Å². The predicted octanol–water partition coefficient (Wildman–Crippen LogP) is 4.87. The Morgan fingerprint density at radius 2 is 2.22 bits per heavy atom. The topological polar surface area (TPSA) is 12.0 Å². The molecule has 2 rings (SSSR count). The largest absolute Gasteiger partial charge is 0.312 e. The summed E-state index contributed by atoms with van der Waals surface area (Å²) in [6, 6.07) is 11.2. The van der Waals surface area contributed by atoms with Gasteiger partial charge in [-0.25, -0.2) is 0 Å². The van der Waals surface area contributed by atoms with Crippen LogP contribution in [0.15, 0.2) is 45.1 Å². The van der Waals surface area contributed by atoms with Crippen molar-refractivity contribution in [3.8, 4) is 0 Å². The van der Waals surface area contributed by atoms with Crippen molar-refractivity contribution in [2.24, 2.45) is 0 Å². The second-order valence-electron chi connectivity index (χ2n) is 4.10. The van der Waals surface area contributed by atoms with Gasteiger partial charge in [-0.05, 0) is 53.5 Å². The van der Waals surface area contributed by atoms with Crippen LogP contribution in [0.3, 0.4) is 0 Å². The molecular weight excluding hydrogens is 326 g/mol. The van der Waals surface area contributed by atoms with Crippen LogP contribution in [0.5, 0.6) is 0 Å². The highest BCUT2D eigenvalue weighted by atomic mass is 79.9. The summed E-state index contributed by atoms with van der Waals surface area (Å²) in [5.41, 5.74) is 1.32. The average Bonchev–Trinajstić information content (AvgIpc) is 2.77. The predicted molar refractivity (Wildman–Crippen MR) is 85.7 cm³/mol. The van der Waals surface area contributed by atoms with Gasteiger partial charge in [-0.3, -0.25) is 0 Å². The van der Waals surface area contributed by atoms with E-state index in [0.29, 0.717) is 6.04 Å². The summed E-state index contributed by atoms with van der Waals surface area (Å²) < 4.78 is 1.21. The fraction of sp³-hybridized carbons (Fsp3) is 0.286. The smallest absolute Gasteiger partial charge is 0.0519 e. The fourth-order valence-corrected chi connectivity index (χ4v) is 4.73. The molecule has 0 aliphatic carbocycles. The molecule has 1 atom stereocenters. The number of hydrogen-bond donors (Lipinski definition) is 1. The summed E-state index contributed by atoms with van der Waals surface area (Å²) in [5.74, 6) is 1.04. The molecular formula is C14H16BrNS2. The lowest BCUT2D eigenvalue weighted by molar-refractivity contribution is 0.671. The van der Waals surface area contributed by atoms with Gasteiger partial charge in [-0.1, -0.05) is 17.7 Å². The molecule has 0 aliphatic heterocycles.